The van der Waals surface area contributed by atoms with Crippen molar-refractivity contribution in [1.29, 1.82) is 0 Å². The Labute approximate surface area is 112 Å². The summed E-state index contributed by atoms with van der Waals surface area (Å²) in [4.78, 5) is 0. The molecule has 1 N–H and O–H groups in total. The summed E-state index contributed by atoms with van der Waals surface area (Å²) in [7, 11) is 3.08. The van der Waals surface area contributed by atoms with E-state index in [0.717, 1.165) is 12.1 Å². The van der Waals surface area contributed by atoms with Gasteiger partial charge in [0.15, 0.2) is 11.5 Å². The molecule has 1 aliphatic rings. The lowest BCUT2D eigenvalue weighted by Gasteiger charge is -2.28. The molecule has 1 fully saturated rings. The predicted octanol–water partition coefficient (Wildman–Crippen LogP) is 2.12. The molecule has 0 amide bonds. The molecule has 1 unspecified atom stereocenters. The molecule has 0 saturated carbocycles. The van der Waals surface area contributed by atoms with E-state index in [2.05, 4.69) is 5.32 Å². The molecule has 5 heteroatoms. The molecule has 0 radical (unpaired) electrons. The van der Waals surface area contributed by atoms with E-state index < -0.39 is 0 Å². The molecule has 0 aliphatic carbocycles. The molecule has 1 aromatic rings. The maximum absolute atomic E-state index is 14.3. The van der Waals surface area contributed by atoms with Crippen LogP contribution >= 0.6 is 0 Å². The summed E-state index contributed by atoms with van der Waals surface area (Å²) in [5.41, 5.74) is 1.75. The summed E-state index contributed by atoms with van der Waals surface area (Å²) in [6.07, 6.45) is -0.215. The summed E-state index contributed by atoms with van der Waals surface area (Å²) in [6, 6.07) is 0. The standard InChI is InChI=1S/C14H20FNO3/c1-8-11(10-7-16-5-6-19-10)14(18-4)13(17-3)9(2)12(8)15/h10,16H,5-7H2,1-4H3. The molecule has 2 rings (SSSR count). The Balaban J connectivity index is 2.59. The fourth-order valence-electron chi connectivity index (χ4n) is 2.55. The molecule has 4 nitrogen and oxygen atoms in total. The molecule has 0 spiro atoms. The normalized spacial score (nSPS) is 19.3. The van der Waals surface area contributed by atoms with E-state index in [4.69, 9.17) is 14.2 Å². The average molecular weight is 269 g/mol. The minimum absolute atomic E-state index is 0.215. The van der Waals surface area contributed by atoms with Crippen LogP contribution in [0.25, 0.3) is 0 Å². The van der Waals surface area contributed by atoms with Crippen LogP contribution in [-0.4, -0.2) is 33.9 Å². The van der Waals surface area contributed by atoms with Crippen LogP contribution in [0, 0.1) is 19.7 Å². The van der Waals surface area contributed by atoms with Crippen molar-refractivity contribution >= 4 is 0 Å². The minimum Gasteiger partial charge on any atom is -0.492 e. The Morgan fingerprint density at radius 3 is 2.37 bits per heavy atom. The molecule has 0 bridgehead atoms. The second kappa shape index (κ2) is 5.75. The number of hydrogen-bond acceptors (Lipinski definition) is 4. The Bertz CT molecular complexity index is 470. The van der Waals surface area contributed by atoms with E-state index in [1.54, 1.807) is 21.0 Å². The van der Waals surface area contributed by atoms with Crippen molar-refractivity contribution < 1.29 is 18.6 Å². The first-order valence-electron chi connectivity index (χ1n) is 6.34. The van der Waals surface area contributed by atoms with Crippen LogP contribution in [0.3, 0.4) is 0 Å². The third-order valence-electron chi connectivity index (χ3n) is 3.51. The first-order chi connectivity index (χ1) is 9.11. The highest BCUT2D eigenvalue weighted by molar-refractivity contribution is 5.57. The van der Waals surface area contributed by atoms with Crippen molar-refractivity contribution in [2.75, 3.05) is 33.9 Å². The van der Waals surface area contributed by atoms with Crippen molar-refractivity contribution in [1.82, 2.24) is 5.32 Å². The number of halogens is 1. The van der Waals surface area contributed by atoms with Crippen LogP contribution in [0.5, 0.6) is 11.5 Å². The van der Waals surface area contributed by atoms with Gasteiger partial charge in [-0.15, -0.1) is 0 Å². The number of benzene rings is 1. The van der Waals surface area contributed by atoms with Crippen molar-refractivity contribution in [3.63, 3.8) is 0 Å². The van der Waals surface area contributed by atoms with Crippen molar-refractivity contribution in [2.24, 2.45) is 0 Å². The molecule has 106 valence electrons. The molecule has 19 heavy (non-hydrogen) atoms. The van der Waals surface area contributed by atoms with E-state index in [0.29, 0.717) is 35.8 Å². The van der Waals surface area contributed by atoms with Gasteiger partial charge in [-0.05, 0) is 19.4 Å². The van der Waals surface area contributed by atoms with Gasteiger partial charge in [0.1, 0.15) is 5.82 Å². The molecular weight excluding hydrogens is 249 g/mol. The number of methoxy groups -OCH3 is 2. The smallest absolute Gasteiger partial charge is 0.167 e. The zero-order valence-electron chi connectivity index (χ0n) is 11.8. The second-order valence-electron chi connectivity index (χ2n) is 4.61. The average Bonchev–Trinajstić information content (AvgIpc) is 2.45. The number of morpholine rings is 1. The summed E-state index contributed by atoms with van der Waals surface area (Å²) in [5, 5.41) is 3.24. The third kappa shape index (κ3) is 2.40. The van der Waals surface area contributed by atoms with E-state index >= 15 is 0 Å². The van der Waals surface area contributed by atoms with Gasteiger partial charge in [-0.2, -0.15) is 0 Å². The Kier molecular flexibility index (Phi) is 4.27. The van der Waals surface area contributed by atoms with Gasteiger partial charge in [0, 0.05) is 24.2 Å². The van der Waals surface area contributed by atoms with Gasteiger partial charge in [-0.3, -0.25) is 0 Å². The van der Waals surface area contributed by atoms with Gasteiger partial charge in [0.05, 0.1) is 26.9 Å². The van der Waals surface area contributed by atoms with E-state index in [9.17, 15) is 4.39 Å². The molecule has 1 heterocycles. The summed E-state index contributed by atoms with van der Waals surface area (Å²) in [6.45, 7) is 5.49. The van der Waals surface area contributed by atoms with Crippen LogP contribution in [0.4, 0.5) is 4.39 Å². The zero-order chi connectivity index (χ0) is 14.0. The quantitative estimate of drug-likeness (QED) is 0.912. The zero-order valence-corrected chi connectivity index (χ0v) is 11.8. The fraction of sp³-hybridized carbons (Fsp3) is 0.571. The minimum atomic E-state index is -0.262. The lowest BCUT2D eigenvalue weighted by molar-refractivity contribution is 0.0254. The Morgan fingerprint density at radius 2 is 1.84 bits per heavy atom. The van der Waals surface area contributed by atoms with Crippen LogP contribution in [0.1, 0.15) is 22.8 Å². The Hall–Kier alpha value is -1.33. The van der Waals surface area contributed by atoms with Crippen LogP contribution in [-0.2, 0) is 4.74 Å². The van der Waals surface area contributed by atoms with Gasteiger partial charge in [-0.25, -0.2) is 4.39 Å². The molecule has 1 atom stereocenters. The van der Waals surface area contributed by atoms with Gasteiger partial charge >= 0.3 is 0 Å². The lowest BCUT2D eigenvalue weighted by atomic mass is 9.97. The van der Waals surface area contributed by atoms with Gasteiger partial charge in [0.2, 0.25) is 0 Å². The first-order valence-corrected chi connectivity index (χ1v) is 6.34. The highest BCUT2D eigenvalue weighted by Crippen LogP contribution is 2.42. The molecule has 1 aliphatic heterocycles. The summed E-state index contributed by atoms with van der Waals surface area (Å²) < 4.78 is 30.7. The van der Waals surface area contributed by atoms with Gasteiger partial charge in [-0.1, -0.05) is 0 Å². The number of nitrogens with one attached hydrogen (secondary N) is 1. The summed E-state index contributed by atoms with van der Waals surface area (Å²) in [5.74, 6) is 0.740. The SMILES string of the molecule is COc1c(C)c(F)c(C)c(C2CNCCO2)c1OC. The van der Waals surface area contributed by atoms with Crippen LogP contribution in [0.15, 0.2) is 0 Å². The maximum atomic E-state index is 14.3. The molecular formula is C14H20FNO3. The van der Waals surface area contributed by atoms with E-state index in [1.165, 1.54) is 7.11 Å². The monoisotopic (exact) mass is 269 g/mol. The highest BCUT2D eigenvalue weighted by Gasteiger charge is 2.28. The lowest BCUT2D eigenvalue weighted by Crippen LogP contribution is -2.34. The topological polar surface area (TPSA) is 39.7 Å². The van der Waals surface area contributed by atoms with Gasteiger partial charge in [0.25, 0.3) is 0 Å². The van der Waals surface area contributed by atoms with Crippen molar-refractivity contribution in [3.05, 3.63) is 22.5 Å². The van der Waals surface area contributed by atoms with E-state index in [1.807, 2.05) is 0 Å². The Morgan fingerprint density at radius 1 is 1.16 bits per heavy atom. The summed E-state index contributed by atoms with van der Waals surface area (Å²) >= 11 is 0. The fourth-order valence-corrected chi connectivity index (χ4v) is 2.55. The predicted molar refractivity (Wildman–Crippen MR) is 70.5 cm³/mol. The maximum Gasteiger partial charge on any atom is 0.167 e. The van der Waals surface area contributed by atoms with Crippen molar-refractivity contribution in [2.45, 2.75) is 20.0 Å². The van der Waals surface area contributed by atoms with Gasteiger partial charge < -0.3 is 19.5 Å². The molecule has 0 aromatic heterocycles. The van der Waals surface area contributed by atoms with Crippen LogP contribution < -0.4 is 14.8 Å². The number of ether oxygens (including phenoxy) is 3. The number of rotatable bonds is 3. The highest BCUT2D eigenvalue weighted by atomic mass is 19.1. The molecule has 1 saturated heterocycles. The van der Waals surface area contributed by atoms with E-state index in [-0.39, 0.29) is 11.9 Å². The molecule has 1 aromatic carbocycles. The number of hydrogen-bond donors (Lipinski definition) is 1. The van der Waals surface area contributed by atoms with Crippen molar-refractivity contribution in [3.8, 4) is 11.5 Å². The largest absolute Gasteiger partial charge is 0.492 e. The third-order valence-corrected chi connectivity index (χ3v) is 3.51. The first kappa shape index (κ1) is 14.1. The van der Waals surface area contributed by atoms with Crippen LogP contribution in [0.2, 0.25) is 0 Å². The second-order valence-corrected chi connectivity index (χ2v) is 4.61.